The number of hydrogen-bond donors (Lipinski definition) is 1. The number of rotatable bonds is 8. The Kier molecular flexibility index (Phi) is 6.37. The lowest BCUT2D eigenvalue weighted by Gasteiger charge is -2.10. The van der Waals surface area contributed by atoms with E-state index in [1.54, 1.807) is 6.20 Å². The molecule has 1 aliphatic heterocycles. The van der Waals surface area contributed by atoms with Gasteiger partial charge in [-0.05, 0) is 12.0 Å². The van der Waals surface area contributed by atoms with Crippen molar-refractivity contribution in [2.24, 2.45) is 0 Å². The largest absolute Gasteiger partial charge is 0.355 e. The Labute approximate surface area is 158 Å². The van der Waals surface area contributed by atoms with Gasteiger partial charge in [0.25, 0.3) is 0 Å². The molecule has 0 saturated carbocycles. The molecule has 6 nitrogen and oxygen atoms in total. The molecule has 140 valence electrons. The van der Waals surface area contributed by atoms with E-state index in [9.17, 15) is 13.2 Å². The number of thioether (sulfide) groups is 1. The number of carbonyl (C=O) groups is 1. The molecule has 1 aromatic heterocycles. The standard InChI is InChI=1S/C18H23N3O3S2/c22-18(13-25-16-7-11-26(23,24)14-16)20-8-6-17-19-9-10-21(17)12-15-4-2-1-3-5-15/h1-5,9-10,16H,6-8,11-14H2,(H,20,22)/t16-/m0/s1. The van der Waals surface area contributed by atoms with Crippen LogP contribution in [0.2, 0.25) is 0 Å². The molecule has 8 heteroatoms. The van der Waals surface area contributed by atoms with E-state index >= 15 is 0 Å². The highest BCUT2D eigenvalue weighted by atomic mass is 32.2. The second-order valence-electron chi connectivity index (χ2n) is 6.39. The fourth-order valence-electron chi connectivity index (χ4n) is 2.94. The third-order valence-corrected chi connectivity index (χ3v) is 7.59. The first kappa shape index (κ1) is 19.0. The highest BCUT2D eigenvalue weighted by molar-refractivity contribution is 8.02. The van der Waals surface area contributed by atoms with E-state index in [1.165, 1.54) is 17.3 Å². The second-order valence-corrected chi connectivity index (χ2v) is 9.91. The highest BCUT2D eigenvalue weighted by Crippen LogP contribution is 2.23. The molecular formula is C18H23N3O3S2. The van der Waals surface area contributed by atoms with Crippen LogP contribution in [0.4, 0.5) is 0 Å². The number of nitrogens with zero attached hydrogens (tertiary/aromatic N) is 2. The van der Waals surface area contributed by atoms with Crippen molar-refractivity contribution in [2.75, 3.05) is 23.8 Å². The van der Waals surface area contributed by atoms with E-state index < -0.39 is 9.84 Å². The average molecular weight is 394 g/mol. The summed E-state index contributed by atoms with van der Waals surface area (Å²) in [6.45, 7) is 1.28. The monoisotopic (exact) mass is 393 g/mol. The lowest BCUT2D eigenvalue weighted by Crippen LogP contribution is -2.28. The normalized spacial score (nSPS) is 18.7. The minimum absolute atomic E-state index is 0.0514. The molecule has 3 rings (SSSR count). The Hall–Kier alpha value is -1.80. The van der Waals surface area contributed by atoms with Crippen molar-refractivity contribution in [3.05, 3.63) is 54.1 Å². The predicted molar refractivity (Wildman–Crippen MR) is 104 cm³/mol. The molecule has 0 spiro atoms. The number of carbonyl (C=O) groups excluding carboxylic acids is 1. The summed E-state index contributed by atoms with van der Waals surface area (Å²) >= 11 is 1.44. The zero-order valence-corrected chi connectivity index (χ0v) is 16.1. The van der Waals surface area contributed by atoms with Gasteiger partial charge >= 0.3 is 0 Å². The molecule has 0 unspecified atom stereocenters. The third kappa shape index (κ3) is 5.60. The first-order valence-corrected chi connectivity index (χ1v) is 11.5. The summed E-state index contributed by atoms with van der Waals surface area (Å²) in [5.74, 6) is 1.63. The van der Waals surface area contributed by atoms with Crippen LogP contribution in [0.25, 0.3) is 0 Å². The minimum atomic E-state index is -2.88. The zero-order chi connectivity index (χ0) is 18.4. The topological polar surface area (TPSA) is 81.1 Å². The van der Waals surface area contributed by atoms with Crippen LogP contribution < -0.4 is 5.32 Å². The Bertz CT molecular complexity index is 834. The minimum Gasteiger partial charge on any atom is -0.355 e. The Morgan fingerprint density at radius 1 is 1.31 bits per heavy atom. The van der Waals surface area contributed by atoms with Gasteiger partial charge in [-0.1, -0.05) is 30.3 Å². The van der Waals surface area contributed by atoms with Gasteiger partial charge < -0.3 is 9.88 Å². The van der Waals surface area contributed by atoms with Crippen LogP contribution in [-0.2, 0) is 27.6 Å². The Morgan fingerprint density at radius 2 is 2.12 bits per heavy atom. The predicted octanol–water partition coefficient (Wildman–Crippen LogP) is 1.51. The number of hydrogen-bond acceptors (Lipinski definition) is 5. The van der Waals surface area contributed by atoms with E-state index in [0.717, 1.165) is 12.4 Å². The molecule has 1 aromatic carbocycles. The second kappa shape index (κ2) is 8.73. The number of nitrogens with one attached hydrogen (secondary N) is 1. The fourth-order valence-corrected chi connectivity index (χ4v) is 6.42. The van der Waals surface area contributed by atoms with Gasteiger partial charge in [-0.25, -0.2) is 13.4 Å². The maximum absolute atomic E-state index is 12.0. The molecule has 2 aromatic rings. The van der Waals surface area contributed by atoms with Crippen LogP contribution >= 0.6 is 11.8 Å². The van der Waals surface area contributed by atoms with E-state index in [1.807, 2.05) is 24.4 Å². The van der Waals surface area contributed by atoms with E-state index in [4.69, 9.17) is 0 Å². The summed E-state index contributed by atoms with van der Waals surface area (Å²) in [7, 11) is -2.88. The van der Waals surface area contributed by atoms with Crippen molar-refractivity contribution in [1.29, 1.82) is 0 Å². The fraction of sp³-hybridized carbons (Fsp3) is 0.444. The van der Waals surface area contributed by atoms with Crippen LogP contribution in [0, 0.1) is 0 Å². The summed E-state index contributed by atoms with van der Waals surface area (Å²) in [6.07, 6.45) is 5.03. The summed E-state index contributed by atoms with van der Waals surface area (Å²) in [6, 6.07) is 10.2. The van der Waals surface area contributed by atoms with Crippen LogP contribution in [0.5, 0.6) is 0 Å². The van der Waals surface area contributed by atoms with E-state index in [2.05, 4.69) is 27.0 Å². The first-order valence-electron chi connectivity index (χ1n) is 8.64. The summed E-state index contributed by atoms with van der Waals surface area (Å²) in [4.78, 5) is 16.3. The Balaban J connectivity index is 1.40. The van der Waals surface area contributed by atoms with E-state index in [0.29, 0.717) is 25.1 Å². The quantitative estimate of drug-likeness (QED) is 0.735. The van der Waals surface area contributed by atoms with Crippen molar-refractivity contribution in [1.82, 2.24) is 14.9 Å². The van der Waals surface area contributed by atoms with Crippen LogP contribution in [-0.4, -0.2) is 52.9 Å². The maximum Gasteiger partial charge on any atom is 0.230 e. The zero-order valence-electron chi connectivity index (χ0n) is 14.5. The molecule has 1 aliphatic rings. The molecular weight excluding hydrogens is 370 g/mol. The number of amides is 1. The van der Waals surface area contributed by atoms with Gasteiger partial charge in [0.2, 0.25) is 5.91 Å². The molecule has 0 aliphatic carbocycles. The molecule has 0 radical (unpaired) electrons. The molecule has 0 bridgehead atoms. The van der Waals surface area contributed by atoms with Gasteiger partial charge in [0.05, 0.1) is 17.3 Å². The first-order chi connectivity index (χ1) is 12.5. The van der Waals surface area contributed by atoms with Crippen molar-refractivity contribution in [2.45, 2.75) is 24.6 Å². The number of sulfone groups is 1. The lowest BCUT2D eigenvalue weighted by molar-refractivity contribution is -0.118. The van der Waals surface area contributed by atoms with Crippen molar-refractivity contribution >= 4 is 27.5 Å². The molecule has 26 heavy (non-hydrogen) atoms. The van der Waals surface area contributed by atoms with Crippen molar-refractivity contribution in [3.63, 3.8) is 0 Å². The number of aromatic nitrogens is 2. The molecule has 1 N–H and O–H groups in total. The lowest BCUT2D eigenvalue weighted by atomic mass is 10.2. The highest BCUT2D eigenvalue weighted by Gasteiger charge is 2.28. The van der Waals surface area contributed by atoms with Crippen LogP contribution in [0.1, 0.15) is 17.8 Å². The smallest absolute Gasteiger partial charge is 0.230 e. The summed E-state index contributed by atoms with van der Waals surface area (Å²) < 4.78 is 24.9. The van der Waals surface area contributed by atoms with Crippen LogP contribution in [0.15, 0.2) is 42.7 Å². The Morgan fingerprint density at radius 3 is 2.85 bits per heavy atom. The molecule has 2 heterocycles. The molecule has 1 amide bonds. The van der Waals surface area contributed by atoms with Crippen molar-refractivity contribution < 1.29 is 13.2 Å². The third-order valence-electron chi connectivity index (χ3n) is 4.31. The average Bonchev–Trinajstić information content (AvgIpc) is 3.20. The SMILES string of the molecule is O=C(CS[C@H]1CCS(=O)(=O)C1)NCCc1nccn1Cc1ccccc1. The molecule has 1 fully saturated rings. The molecule has 1 saturated heterocycles. The maximum atomic E-state index is 12.0. The van der Waals surface area contributed by atoms with Crippen molar-refractivity contribution in [3.8, 4) is 0 Å². The number of benzene rings is 1. The van der Waals surface area contributed by atoms with Gasteiger partial charge in [0.1, 0.15) is 5.82 Å². The summed E-state index contributed by atoms with van der Waals surface area (Å²) in [5.41, 5.74) is 1.21. The number of imidazole rings is 1. The van der Waals surface area contributed by atoms with Gasteiger partial charge in [-0.3, -0.25) is 4.79 Å². The van der Waals surface area contributed by atoms with Gasteiger partial charge in [-0.2, -0.15) is 0 Å². The van der Waals surface area contributed by atoms with Gasteiger partial charge in [0, 0.05) is 37.2 Å². The molecule has 1 atom stereocenters. The van der Waals surface area contributed by atoms with Gasteiger partial charge in [-0.15, -0.1) is 11.8 Å². The van der Waals surface area contributed by atoms with E-state index in [-0.39, 0.29) is 22.7 Å². The van der Waals surface area contributed by atoms with Gasteiger partial charge in [0.15, 0.2) is 9.84 Å². The van der Waals surface area contributed by atoms with Crippen LogP contribution in [0.3, 0.4) is 0 Å². The summed E-state index contributed by atoms with van der Waals surface area (Å²) in [5, 5.41) is 2.95.